The number of rotatable bonds is 11. The Morgan fingerprint density at radius 1 is 1.13 bits per heavy atom. The molecule has 1 atom stereocenters. The molecule has 0 aromatic carbocycles. The number of carbonyl (C=O) groups is 1. The van der Waals surface area contributed by atoms with Crippen LogP contribution in [0.15, 0.2) is 23.5 Å². The van der Waals surface area contributed by atoms with Gasteiger partial charge in [0.25, 0.3) is 0 Å². The van der Waals surface area contributed by atoms with Gasteiger partial charge in [-0.25, -0.2) is 9.97 Å². The highest BCUT2D eigenvalue weighted by molar-refractivity contribution is 14.0. The van der Waals surface area contributed by atoms with Crippen LogP contribution in [-0.2, 0) is 4.79 Å². The summed E-state index contributed by atoms with van der Waals surface area (Å²) in [4.78, 5) is 29.8. The van der Waals surface area contributed by atoms with E-state index in [2.05, 4.69) is 51.3 Å². The average Bonchev–Trinajstić information content (AvgIpc) is 2.77. The van der Waals surface area contributed by atoms with E-state index in [0.717, 1.165) is 38.0 Å². The number of carbonyl (C=O) groups excluding carboxylic acids is 1. The molecule has 1 fully saturated rings. The van der Waals surface area contributed by atoms with Crippen molar-refractivity contribution >= 4 is 41.8 Å². The van der Waals surface area contributed by atoms with Gasteiger partial charge in [-0.3, -0.25) is 9.79 Å². The first-order chi connectivity index (χ1) is 14.6. The topological polar surface area (TPSA) is 85.8 Å². The molecule has 176 valence electrons. The molecule has 1 aromatic rings. The largest absolute Gasteiger partial charge is 0.357 e. The van der Waals surface area contributed by atoms with Gasteiger partial charge in [0, 0.05) is 57.6 Å². The highest BCUT2D eigenvalue weighted by atomic mass is 127. The zero-order valence-corrected chi connectivity index (χ0v) is 21.7. The average molecular weight is 546 g/mol. The normalized spacial score (nSPS) is 15.3. The first-order valence-electron chi connectivity index (χ1n) is 11.5. The molecule has 8 nitrogen and oxygen atoms in total. The second kappa shape index (κ2) is 16.0. The third-order valence-corrected chi connectivity index (χ3v) is 5.28. The molecule has 9 heteroatoms. The van der Waals surface area contributed by atoms with Crippen molar-refractivity contribution in [1.29, 1.82) is 0 Å². The lowest BCUT2D eigenvalue weighted by atomic mass is 10.1. The molecule has 2 heterocycles. The van der Waals surface area contributed by atoms with Crippen molar-refractivity contribution < 1.29 is 4.79 Å². The minimum atomic E-state index is 0. The Morgan fingerprint density at radius 2 is 1.84 bits per heavy atom. The minimum Gasteiger partial charge on any atom is -0.357 e. The first-order valence-corrected chi connectivity index (χ1v) is 11.5. The van der Waals surface area contributed by atoms with Gasteiger partial charge in [-0.15, -0.1) is 24.0 Å². The Bertz CT molecular complexity index is 636. The van der Waals surface area contributed by atoms with Gasteiger partial charge < -0.3 is 20.4 Å². The van der Waals surface area contributed by atoms with Gasteiger partial charge in [-0.05, 0) is 26.3 Å². The van der Waals surface area contributed by atoms with Crippen molar-refractivity contribution in [1.82, 2.24) is 25.5 Å². The maximum absolute atomic E-state index is 12.6. The van der Waals surface area contributed by atoms with Crippen LogP contribution in [0.5, 0.6) is 0 Å². The number of piperazine rings is 1. The summed E-state index contributed by atoms with van der Waals surface area (Å²) in [5.41, 5.74) is 0. The van der Waals surface area contributed by atoms with Crippen LogP contribution in [0, 0.1) is 0 Å². The molecule has 1 aliphatic heterocycles. The predicted octanol–water partition coefficient (Wildman–Crippen LogP) is 3.05. The molecule has 1 aliphatic rings. The number of amides is 1. The number of aromatic nitrogens is 2. The molecule has 0 aliphatic carbocycles. The van der Waals surface area contributed by atoms with Crippen LogP contribution in [0.1, 0.15) is 59.3 Å². The van der Waals surface area contributed by atoms with Crippen molar-refractivity contribution in [2.75, 3.05) is 44.2 Å². The molecular formula is C22H40IN7O. The fourth-order valence-electron chi connectivity index (χ4n) is 3.53. The Morgan fingerprint density at radius 3 is 2.48 bits per heavy atom. The van der Waals surface area contributed by atoms with Gasteiger partial charge in [0.2, 0.25) is 11.9 Å². The number of nitrogens with one attached hydrogen (secondary N) is 2. The summed E-state index contributed by atoms with van der Waals surface area (Å²) in [6, 6.07) is 2.19. The van der Waals surface area contributed by atoms with Crippen LogP contribution < -0.4 is 15.5 Å². The summed E-state index contributed by atoms with van der Waals surface area (Å²) in [6.45, 7) is 10.7. The van der Waals surface area contributed by atoms with Crippen molar-refractivity contribution in [3.05, 3.63) is 18.5 Å². The van der Waals surface area contributed by atoms with Gasteiger partial charge in [0.05, 0.1) is 6.54 Å². The molecular weight excluding hydrogens is 505 g/mol. The first kappa shape index (κ1) is 27.4. The quantitative estimate of drug-likeness (QED) is 0.193. The summed E-state index contributed by atoms with van der Waals surface area (Å²) in [5.74, 6) is 1.70. The number of aliphatic imine (C=N–C) groups is 1. The van der Waals surface area contributed by atoms with Gasteiger partial charge in [-0.1, -0.05) is 32.6 Å². The van der Waals surface area contributed by atoms with E-state index >= 15 is 0 Å². The maximum Gasteiger partial charge on any atom is 0.225 e. The van der Waals surface area contributed by atoms with Crippen LogP contribution >= 0.6 is 24.0 Å². The molecule has 0 bridgehead atoms. The van der Waals surface area contributed by atoms with Crippen LogP contribution in [0.2, 0.25) is 0 Å². The van der Waals surface area contributed by atoms with Gasteiger partial charge in [0.1, 0.15) is 0 Å². The fourth-order valence-corrected chi connectivity index (χ4v) is 3.53. The smallest absolute Gasteiger partial charge is 0.225 e. The lowest BCUT2D eigenvalue weighted by Crippen LogP contribution is -2.49. The van der Waals surface area contributed by atoms with E-state index in [4.69, 9.17) is 0 Å². The SMILES string of the molecule is CCCCCCC(C)NC(=NCCC(=O)N1CCN(c2ncccn2)CC1)NCC.I. The van der Waals surface area contributed by atoms with E-state index in [1.165, 1.54) is 25.7 Å². The standard InChI is InChI=1S/C22H39N7O.HI/c1-4-6-7-8-10-19(3)27-21(23-5-2)24-14-11-20(30)28-15-17-29(18-16-28)22-25-12-9-13-26-22;/h9,12-13,19H,4-8,10-11,14-18H2,1-3H3,(H2,23,24,27);1H. The molecule has 2 N–H and O–H groups in total. The second-order valence-electron chi connectivity index (χ2n) is 7.82. The Balaban J connectivity index is 0.00000480. The molecule has 0 spiro atoms. The zero-order valence-electron chi connectivity index (χ0n) is 19.3. The number of unbranched alkanes of at least 4 members (excludes halogenated alkanes) is 3. The van der Waals surface area contributed by atoms with E-state index in [0.29, 0.717) is 32.1 Å². The summed E-state index contributed by atoms with van der Waals surface area (Å²) >= 11 is 0. The number of halogens is 1. The van der Waals surface area contributed by atoms with Gasteiger partial charge >= 0.3 is 0 Å². The Hall–Kier alpha value is -1.65. The van der Waals surface area contributed by atoms with Crippen molar-refractivity contribution in [2.24, 2.45) is 4.99 Å². The highest BCUT2D eigenvalue weighted by Crippen LogP contribution is 2.10. The molecule has 1 amide bonds. The van der Waals surface area contributed by atoms with E-state index in [1.807, 2.05) is 11.0 Å². The number of guanidine groups is 1. The molecule has 1 saturated heterocycles. The van der Waals surface area contributed by atoms with E-state index in [-0.39, 0.29) is 29.9 Å². The van der Waals surface area contributed by atoms with Crippen LogP contribution in [0.3, 0.4) is 0 Å². The number of hydrogen-bond acceptors (Lipinski definition) is 5. The summed E-state index contributed by atoms with van der Waals surface area (Å²) < 4.78 is 0. The molecule has 2 rings (SSSR count). The Kier molecular flexibility index (Phi) is 14.2. The lowest BCUT2D eigenvalue weighted by Gasteiger charge is -2.34. The van der Waals surface area contributed by atoms with E-state index in [1.54, 1.807) is 12.4 Å². The molecule has 1 unspecified atom stereocenters. The highest BCUT2D eigenvalue weighted by Gasteiger charge is 2.22. The molecule has 1 aromatic heterocycles. The Labute approximate surface area is 204 Å². The van der Waals surface area contributed by atoms with Crippen LogP contribution in [0.4, 0.5) is 5.95 Å². The third-order valence-electron chi connectivity index (χ3n) is 5.28. The maximum atomic E-state index is 12.6. The number of hydrogen-bond donors (Lipinski definition) is 2. The third kappa shape index (κ3) is 10.5. The molecule has 31 heavy (non-hydrogen) atoms. The minimum absolute atomic E-state index is 0. The summed E-state index contributed by atoms with van der Waals surface area (Å²) in [7, 11) is 0. The monoisotopic (exact) mass is 545 g/mol. The van der Waals surface area contributed by atoms with Gasteiger partial charge in [-0.2, -0.15) is 0 Å². The second-order valence-corrected chi connectivity index (χ2v) is 7.82. The van der Waals surface area contributed by atoms with E-state index in [9.17, 15) is 4.79 Å². The van der Waals surface area contributed by atoms with Crippen molar-refractivity contribution in [3.63, 3.8) is 0 Å². The number of anilines is 1. The summed E-state index contributed by atoms with van der Waals surface area (Å²) in [6.07, 6.45) is 10.2. The van der Waals surface area contributed by atoms with Crippen molar-refractivity contribution in [2.45, 2.75) is 65.3 Å². The predicted molar refractivity (Wildman–Crippen MR) is 138 cm³/mol. The zero-order chi connectivity index (χ0) is 21.6. The molecule has 0 radical (unpaired) electrons. The lowest BCUT2D eigenvalue weighted by molar-refractivity contribution is -0.131. The van der Waals surface area contributed by atoms with Crippen LogP contribution in [-0.4, -0.2) is 72.0 Å². The van der Waals surface area contributed by atoms with Gasteiger partial charge in [0.15, 0.2) is 5.96 Å². The molecule has 0 saturated carbocycles. The van der Waals surface area contributed by atoms with E-state index < -0.39 is 0 Å². The van der Waals surface area contributed by atoms with Crippen molar-refractivity contribution in [3.8, 4) is 0 Å². The fraction of sp³-hybridized carbons (Fsp3) is 0.727. The summed E-state index contributed by atoms with van der Waals surface area (Å²) in [5, 5.41) is 6.75. The number of nitrogens with zero attached hydrogens (tertiary/aromatic N) is 5. The van der Waals surface area contributed by atoms with Crippen LogP contribution in [0.25, 0.3) is 0 Å².